The molecule has 0 bridgehead atoms. The van der Waals surface area contributed by atoms with Gasteiger partial charge in [0, 0.05) is 13.5 Å². The molecular weight excluding hydrogens is 397 g/mol. The van der Waals surface area contributed by atoms with E-state index in [-0.39, 0.29) is 17.5 Å². The van der Waals surface area contributed by atoms with Crippen molar-refractivity contribution < 1.29 is 32.0 Å². The Morgan fingerprint density at radius 1 is 1.25 bits per heavy atom. The van der Waals surface area contributed by atoms with Crippen molar-refractivity contribution in [3.05, 3.63) is 34.3 Å². The van der Waals surface area contributed by atoms with Crippen molar-refractivity contribution in [2.75, 3.05) is 6.54 Å². The predicted octanol–water partition coefficient (Wildman–Crippen LogP) is 4.39. The van der Waals surface area contributed by atoms with Crippen LogP contribution in [0.5, 0.6) is 5.75 Å². The van der Waals surface area contributed by atoms with Crippen molar-refractivity contribution in [1.29, 1.82) is 0 Å². The topological polar surface area (TPSA) is 56.8 Å². The zero-order valence-electron chi connectivity index (χ0n) is 16.2. The first-order chi connectivity index (χ1) is 12.7. The van der Waals surface area contributed by atoms with E-state index >= 15 is 0 Å². The number of ether oxygens (including phenoxy) is 1. The minimum absolute atomic E-state index is 0.0543. The quantitative estimate of drug-likeness (QED) is 0.719. The van der Waals surface area contributed by atoms with Crippen molar-refractivity contribution in [1.82, 2.24) is 5.32 Å². The molecule has 0 aliphatic carbocycles. The molecule has 0 saturated carbocycles. The Labute approximate surface area is 167 Å². The SMILES string of the molecule is CC(=O)NCC(=Cc1ccc(OC(F)(F)F)cc1Cl)B1OC(C)(C)C(C)(C)O1. The second kappa shape index (κ2) is 7.97. The summed E-state index contributed by atoms with van der Waals surface area (Å²) in [6, 6.07) is 3.62. The number of halogens is 4. The van der Waals surface area contributed by atoms with Crippen LogP contribution in [0.1, 0.15) is 40.2 Å². The van der Waals surface area contributed by atoms with Gasteiger partial charge in [-0.25, -0.2) is 0 Å². The Kier molecular flexibility index (Phi) is 6.42. The molecule has 0 atom stereocenters. The minimum Gasteiger partial charge on any atom is -0.406 e. The average Bonchev–Trinajstić information content (AvgIpc) is 2.71. The van der Waals surface area contributed by atoms with Gasteiger partial charge in [-0.2, -0.15) is 0 Å². The zero-order chi connectivity index (χ0) is 21.3. The third kappa shape index (κ3) is 5.65. The van der Waals surface area contributed by atoms with Crippen LogP contribution in [0.15, 0.2) is 23.7 Å². The van der Waals surface area contributed by atoms with E-state index in [0.717, 1.165) is 12.1 Å². The maximum Gasteiger partial charge on any atom is 0.573 e. The van der Waals surface area contributed by atoms with Crippen LogP contribution in [0.2, 0.25) is 5.02 Å². The van der Waals surface area contributed by atoms with Gasteiger partial charge in [-0.1, -0.05) is 17.7 Å². The lowest BCUT2D eigenvalue weighted by Gasteiger charge is -2.32. The molecule has 1 amide bonds. The number of rotatable bonds is 5. The normalized spacial score (nSPS) is 18.9. The highest BCUT2D eigenvalue weighted by molar-refractivity contribution is 6.56. The van der Waals surface area contributed by atoms with Gasteiger partial charge in [0.05, 0.1) is 16.2 Å². The summed E-state index contributed by atoms with van der Waals surface area (Å²) in [6.07, 6.45) is -3.18. The van der Waals surface area contributed by atoms with Crippen molar-refractivity contribution in [2.24, 2.45) is 0 Å². The molecular formula is C18H22BClF3NO4. The van der Waals surface area contributed by atoms with Crippen LogP contribution < -0.4 is 10.1 Å². The lowest BCUT2D eigenvalue weighted by atomic mass is 9.77. The number of hydrogen-bond donors (Lipinski definition) is 1. The van der Waals surface area contributed by atoms with Gasteiger partial charge in [0.25, 0.3) is 0 Å². The number of benzene rings is 1. The van der Waals surface area contributed by atoms with E-state index < -0.39 is 30.4 Å². The van der Waals surface area contributed by atoms with Gasteiger partial charge in [-0.15, -0.1) is 13.2 Å². The van der Waals surface area contributed by atoms with E-state index in [1.807, 2.05) is 27.7 Å². The smallest absolute Gasteiger partial charge is 0.406 e. The van der Waals surface area contributed by atoms with E-state index in [0.29, 0.717) is 11.0 Å². The highest BCUT2D eigenvalue weighted by atomic mass is 35.5. The fourth-order valence-corrected chi connectivity index (χ4v) is 2.67. The Hall–Kier alpha value is -1.71. The van der Waals surface area contributed by atoms with Gasteiger partial charge in [-0.05, 0) is 56.9 Å². The van der Waals surface area contributed by atoms with Crippen molar-refractivity contribution >= 4 is 30.7 Å². The van der Waals surface area contributed by atoms with E-state index in [1.54, 1.807) is 6.08 Å². The minimum atomic E-state index is -4.81. The summed E-state index contributed by atoms with van der Waals surface area (Å²) >= 11 is 6.12. The van der Waals surface area contributed by atoms with Gasteiger partial charge in [-0.3, -0.25) is 4.79 Å². The number of carbonyl (C=O) groups excluding carboxylic acids is 1. The lowest BCUT2D eigenvalue weighted by molar-refractivity contribution is -0.274. The predicted molar refractivity (Wildman–Crippen MR) is 101 cm³/mol. The zero-order valence-corrected chi connectivity index (χ0v) is 17.0. The van der Waals surface area contributed by atoms with Crippen LogP contribution >= 0.6 is 11.6 Å². The molecule has 154 valence electrons. The second-order valence-electron chi connectivity index (χ2n) is 7.45. The van der Waals surface area contributed by atoms with Crippen LogP contribution in [0.25, 0.3) is 6.08 Å². The highest BCUT2D eigenvalue weighted by Gasteiger charge is 2.52. The van der Waals surface area contributed by atoms with Gasteiger partial charge >= 0.3 is 13.5 Å². The summed E-state index contributed by atoms with van der Waals surface area (Å²) in [4.78, 5) is 11.3. The number of nitrogens with one attached hydrogen (secondary N) is 1. The van der Waals surface area contributed by atoms with Crippen LogP contribution in [0, 0.1) is 0 Å². The average molecular weight is 420 g/mol. The van der Waals surface area contributed by atoms with Crippen molar-refractivity contribution in [2.45, 2.75) is 52.2 Å². The maximum atomic E-state index is 12.4. The monoisotopic (exact) mass is 419 g/mol. The molecule has 1 fully saturated rings. The largest absolute Gasteiger partial charge is 0.573 e. The summed E-state index contributed by atoms with van der Waals surface area (Å²) in [5.41, 5.74) is -0.186. The summed E-state index contributed by atoms with van der Waals surface area (Å²) in [5, 5.41) is 2.73. The van der Waals surface area contributed by atoms with E-state index in [9.17, 15) is 18.0 Å². The molecule has 1 aliphatic heterocycles. The molecule has 0 spiro atoms. The molecule has 1 saturated heterocycles. The highest BCUT2D eigenvalue weighted by Crippen LogP contribution is 2.39. The molecule has 1 aliphatic rings. The van der Waals surface area contributed by atoms with Crippen LogP contribution in [0.4, 0.5) is 13.2 Å². The molecule has 1 aromatic carbocycles. The molecule has 1 aromatic rings. The first-order valence-corrected chi connectivity index (χ1v) is 8.94. The molecule has 0 radical (unpaired) electrons. The lowest BCUT2D eigenvalue weighted by Crippen LogP contribution is -2.41. The van der Waals surface area contributed by atoms with Crippen LogP contribution in [-0.2, 0) is 14.1 Å². The van der Waals surface area contributed by atoms with Crippen molar-refractivity contribution in [3.63, 3.8) is 0 Å². The van der Waals surface area contributed by atoms with Gasteiger partial charge < -0.3 is 19.4 Å². The number of amides is 1. The third-order valence-electron chi connectivity index (χ3n) is 4.64. The molecule has 10 heteroatoms. The van der Waals surface area contributed by atoms with Gasteiger partial charge in [0.2, 0.25) is 5.91 Å². The van der Waals surface area contributed by atoms with E-state index in [4.69, 9.17) is 20.9 Å². The Balaban J connectivity index is 2.33. The molecule has 0 aromatic heterocycles. The maximum absolute atomic E-state index is 12.4. The Morgan fingerprint density at radius 2 is 1.82 bits per heavy atom. The van der Waals surface area contributed by atoms with Gasteiger partial charge in [0.15, 0.2) is 0 Å². The molecule has 5 nitrogen and oxygen atoms in total. The van der Waals surface area contributed by atoms with Crippen LogP contribution in [-0.4, -0.2) is 37.1 Å². The fourth-order valence-electron chi connectivity index (χ4n) is 2.45. The summed E-state index contributed by atoms with van der Waals surface area (Å²) in [5.74, 6) is -0.670. The Morgan fingerprint density at radius 3 is 2.29 bits per heavy atom. The molecule has 1 heterocycles. The summed E-state index contributed by atoms with van der Waals surface area (Å²) in [6.45, 7) is 9.05. The molecule has 1 N–H and O–H groups in total. The van der Waals surface area contributed by atoms with Crippen molar-refractivity contribution in [3.8, 4) is 5.75 Å². The number of alkyl halides is 3. The molecule has 2 rings (SSSR count). The van der Waals surface area contributed by atoms with Crippen LogP contribution in [0.3, 0.4) is 0 Å². The number of carbonyl (C=O) groups is 1. The second-order valence-corrected chi connectivity index (χ2v) is 7.86. The summed E-state index contributed by atoms with van der Waals surface area (Å²) in [7, 11) is -0.751. The molecule has 28 heavy (non-hydrogen) atoms. The Bertz CT molecular complexity index is 765. The number of hydrogen-bond acceptors (Lipinski definition) is 4. The van der Waals surface area contributed by atoms with E-state index in [1.165, 1.54) is 13.0 Å². The first kappa shape index (κ1) is 22.6. The summed E-state index contributed by atoms with van der Waals surface area (Å²) < 4.78 is 52.9. The third-order valence-corrected chi connectivity index (χ3v) is 4.97. The van der Waals surface area contributed by atoms with Gasteiger partial charge in [0.1, 0.15) is 5.75 Å². The standard InChI is InChI=1S/C18H22BClF3NO4/c1-11(25)24-10-13(19-27-16(2,3)17(4,5)28-19)8-12-6-7-14(9-15(12)20)26-18(21,22)23/h6-9H,10H2,1-5H3,(H,24,25). The first-order valence-electron chi connectivity index (χ1n) is 8.56. The van der Waals surface area contributed by atoms with E-state index in [2.05, 4.69) is 10.1 Å². The fraction of sp³-hybridized carbons (Fsp3) is 0.500. The molecule has 0 unspecified atom stereocenters.